The first-order valence-corrected chi connectivity index (χ1v) is 25.5. The summed E-state index contributed by atoms with van der Waals surface area (Å²) in [6.45, 7) is 11.6. The Bertz CT molecular complexity index is 3870. The van der Waals surface area contributed by atoms with Crippen LogP contribution in [0, 0.1) is 6.85 Å². The van der Waals surface area contributed by atoms with Crippen molar-refractivity contribution in [2.24, 2.45) is 0 Å². The van der Waals surface area contributed by atoms with Gasteiger partial charge in [-0.25, -0.2) is 0 Å². The SMILES string of the molecule is [2H]C([2H])([2H])c1ccc(N2c3cc(-c4c(C(C)(C)C)cccc4C(C)(C)C)ccc3B3c4sc5cc6c(cc5c4N(c4ccccc4)c4cccc2c43)-c2ccccc2C62c3ccccc3-c3ccccc32)cc1. The first kappa shape index (κ1) is 38.5. The highest BCUT2D eigenvalue weighted by Crippen LogP contribution is 2.64. The average molecular weight is 920 g/mol. The molecule has 3 heterocycles. The molecule has 336 valence electrons. The Morgan fingerprint density at radius 1 is 0.486 bits per heavy atom. The molecule has 70 heavy (non-hydrogen) atoms. The van der Waals surface area contributed by atoms with Gasteiger partial charge >= 0.3 is 0 Å². The lowest BCUT2D eigenvalue weighted by Gasteiger charge is -2.43. The van der Waals surface area contributed by atoms with Gasteiger partial charge in [-0.15, -0.1) is 11.3 Å². The van der Waals surface area contributed by atoms with Crippen molar-refractivity contribution in [1.82, 2.24) is 0 Å². The minimum atomic E-state index is -2.22. The van der Waals surface area contributed by atoms with E-state index in [1.165, 1.54) is 98.2 Å². The fourth-order valence-corrected chi connectivity index (χ4v) is 14.3. The molecule has 9 aromatic carbocycles. The zero-order valence-corrected chi connectivity index (χ0v) is 41.2. The van der Waals surface area contributed by atoms with Gasteiger partial charge in [0, 0.05) is 47.4 Å². The van der Waals surface area contributed by atoms with Crippen molar-refractivity contribution in [3.63, 3.8) is 0 Å². The molecule has 10 aromatic rings. The number of nitrogens with zero attached hydrogens (tertiary/aromatic N) is 2. The highest BCUT2D eigenvalue weighted by atomic mass is 32.1. The zero-order valence-electron chi connectivity index (χ0n) is 43.4. The molecule has 0 unspecified atom stereocenters. The van der Waals surface area contributed by atoms with Gasteiger partial charge in [-0.2, -0.15) is 0 Å². The van der Waals surface area contributed by atoms with E-state index in [0.717, 1.165) is 28.4 Å². The number of rotatable bonds is 3. The van der Waals surface area contributed by atoms with E-state index in [4.69, 9.17) is 4.11 Å². The van der Waals surface area contributed by atoms with Gasteiger partial charge in [0.2, 0.25) is 0 Å². The molecule has 0 N–H and O–H groups in total. The zero-order chi connectivity index (χ0) is 49.9. The number of hydrogen-bond acceptors (Lipinski definition) is 3. The van der Waals surface area contributed by atoms with Crippen molar-refractivity contribution in [1.29, 1.82) is 0 Å². The Labute approximate surface area is 420 Å². The monoisotopic (exact) mass is 919 g/mol. The number of aryl methyl sites for hydroxylation is 1. The van der Waals surface area contributed by atoms with E-state index >= 15 is 0 Å². The normalized spacial score (nSPS) is 15.3. The maximum absolute atomic E-state index is 8.30. The second-order valence-corrected chi connectivity index (χ2v) is 22.9. The third-order valence-electron chi connectivity index (χ3n) is 15.8. The molecule has 0 radical (unpaired) electrons. The van der Waals surface area contributed by atoms with Crippen LogP contribution in [0.2, 0.25) is 0 Å². The predicted molar refractivity (Wildman–Crippen MR) is 300 cm³/mol. The smallest absolute Gasteiger partial charge is 0.264 e. The van der Waals surface area contributed by atoms with Gasteiger partial charge in [-0.05, 0) is 150 Å². The molecule has 0 atom stereocenters. The molecule has 2 aliphatic carbocycles. The molecule has 0 bridgehead atoms. The topological polar surface area (TPSA) is 6.48 Å². The molecule has 0 saturated heterocycles. The van der Waals surface area contributed by atoms with Crippen molar-refractivity contribution in [2.45, 2.75) is 64.6 Å². The van der Waals surface area contributed by atoms with Gasteiger partial charge < -0.3 is 9.80 Å². The Morgan fingerprint density at radius 2 is 1.04 bits per heavy atom. The van der Waals surface area contributed by atoms with Crippen LogP contribution in [0.25, 0.3) is 43.5 Å². The van der Waals surface area contributed by atoms with E-state index in [-0.39, 0.29) is 17.5 Å². The lowest BCUT2D eigenvalue weighted by Crippen LogP contribution is -2.60. The fraction of sp³-hybridized carbons (Fsp3) is 0.152. The molecular formula is C66H53BN2S. The molecule has 0 amide bonds. The van der Waals surface area contributed by atoms with Crippen molar-refractivity contribution in [2.75, 3.05) is 9.80 Å². The molecule has 4 heteroatoms. The van der Waals surface area contributed by atoms with E-state index in [1.54, 1.807) is 12.1 Å². The third-order valence-corrected chi connectivity index (χ3v) is 17.0. The summed E-state index contributed by atoms with van der Waals surface area (Å²) in [6, 6.07) is 71.6. The van der Waals surface area contributed by atoms with E-state index in [9.17, 15) is 0 Å². The van der Waals surface area contributed by atoms with Crippen LogP contribution in [-0.4, -0.2) is 6.71 Å². The lowest BCUT2D eigenvalue weighted by molar-refractivity contribution is 0.572. The minimum absolute atomic E-state index is 0.0931. The van der Waals surface area contributed by atoms with Crippen LogP contribution in [0.3, 0.4) is 0 Å². The largest absolute Gasteiger partial charge is 0.311 e. The van der Waals surface area contributed by atoms with Crippen LogP contribution >= 0.6 is 11.3 Å². The number of para-hydroxylation sites is 1. The van der Waals surface area contributed by atoms with E-state index in [0.29, 0.717) is 5.56 Å². The molecule has 0 fully saturated rings. The summed E-state index contributed by atoms with van der Waals surface area (Å²) in [6.07, 6.45) is 0. The molecule has 4 aliphatic rings. The molecule has 2 aliphatic heterocycles. The maximum atomic E-state index is 8.30. The molecular weight excluding hydrogens is 864 g/mol. The highest BCUT2D eigenvalue weighted by Gasteiger charge is 2.52. The second-order valence-electron chi connectivity index (χ2n) is 21.8. The number of fused-ring (bicyclic) bond motifs is 16. The first-order valence-electron chi connectivity index (χ1n) is 26.2. The summed E-state index contributed by atoms with van der Waals surface area (Å²) >= 11 is 1.94. The number of anilines is 6. The van der Waals surface area contributed by atoms with E-state index < -0.39 is 12.3 Å². The van der Waals surface area contributed by atoms with Crippen molar-refractivity contribution < 1.29 is 4.11 Å². The maximum Gasteiger partial charge on any atom is 0.264 e. The minimum Gasteiger partial charge on any atom is -0.311 e. The predicted octanol–water partition coefficient (Wildman–Crippen LogP) is 15.9. The molecule has 2 nitrogen and oxygen atoms in total. The standard InChI is InChI=1S/C66H53BN2S/c1-40-31-34-43(35-32-40)68-56-29-18-30-57-61(56)67(55-36-33-41(37-58(55)68)60-52(64(2,3)4)27-17-28-53(60)65(5,6)7)63-62(69(57)42-19-9-8-10-20-42)48-38-47-46-23-13-16-26-51(46)66(54(47)39-59(48)70-63)49-24-14-11-21-44(49)45-22-12-15-25-50(45)66/h8-39H,1-7H3/i1D3. The van der Waals surface area contributed by atoms with Gasteiger partial charge in [-0.3, -0.25) is 0 Å². The van der Waals surface area contributed by atoms with Crippen molar-refractivity contribution in [3.05, 3.63) is 233 Å². The third kappa shape index (κ3) is 5.57. The Morgan fingerprint density at radius 3 is 1.66 bits per heavy atom. The Hall–Kier alpha value is -7.40. The summed E-state index contributed by atoms with van der Waals surface area (Å²) in [5.41, 5.74) is 24.3. The second kappa shape index (κ2) is 14.6. The van der Waals surface area contributed by atoms with Gasteiger partial charge in [-0.1, -0.05) is 187 Å². The van der Waals surface area contributed by atoms with Crippen LogP contribution < -0.4 is 25.5 Å². The molecule has 0 saturated carbocycles. The summed E-state index contributed by atoms with van der Waals surface area (Å²) in [4.78, 5) is 4.93. The summed E-state index contributed by atoms with van der Waals surface area (Å²) in [5.74, 6) is 0. The van der Waals surface area contributed by atoms with Crippen LogP contribution in [0.5, 0.6) is 0 Å². The van der Waals surface area contributed by atoms with Gasteiger partial charge in [0.25, 0.3) is 6.71 Å². The van der Waals surface area contributed by atoms with Crippen LogP contribution in [0.1, 0.15) is 84.6 Å². The van der Waals surface area contributed by atoms with E-state index in [1.807, 2.05) is 23.5 Å². The van der Waals surface area contributed by atoms with Crippen LogP contribution in [-0.2, 0) is 16.2 Å². The Balaban J connectivity index is 1.07. The quantitative estimate of drug-likeness (QED) is 0.163. The van der Waals surface area contributed by atoms with Gasteiger partial charge in [0.05, 0.1) is 11.1 Å². The summed E-state index contributed by atoms with van der Waals surface area (Å²) < 4.78 is 27.5. The van der Waals surface area contributed by atoms with E-state index in [2.05, 4.69) is 221 Å². The van der Waals surface area contributed by atoms with Crippen LogP contribution in [0.4, 0.5) is 34.1 Å². The molecule has 14 rings (SSSR count). The van der Waals surface area contributed by atoms with Crippen molar-refractivity contribution in [3.8, 4) is 33.4 Å². The fourth-order valence-electron chi connectivity index (χ4n) is 13.0. The number of hydrogen-bond donors (Lipinski definition) is 0. The Kier molecular flexibility index (Phi) is 8.01. The lowest BCUT2D eigenvalue weighted by atomic mass is 9.36. The number of thiophene rings is 1. The average Bonchev–Trinajstić information content (AvgIpc) is 4.03. The first-order chi connectivity index (χ1) is 35.1. The number of benzene rings is 9. The summed E-state index contributed by atoms with van der Waals surface area (Å²) in [5, 5.41) is 1.25. The highest BCUT2D eigenvalue weighted by molar-refractivity contribution is 7.33. The van der Waals surface area contributed by atoms with Gasteiger partial charge in [0.1, 0.15) is 0 Å². The van der Waals surface area contributed by atoms with Gasteiger partial charge in [0.15, 0.2) is 0 Å². The van der Waals surface area contributed by atoms with Crippen molar-refractivity contribution >= 4 is 78.0 Å². The molecule has 1 spiro atoms. The van der Waals surface area contributed by atoms with Crippen LogP contribution in [0.15, 0.2) is 194 Å². The molecule has 1 aromatic heterocycles. The summed E-state index contributed by atoms with van der Waals surface area (Å²) in [7, 11) is 0.